The zero-order chi connectivity index (χ0) is 18.6. The highest BCUT2D eigenvalue weighted by molar-refractivity contribution is 7.25. The summed E-state index contributed by atoms with van der Waals surface area (Å²) >= 11 is 1.77. The lowest BCUT2D eigenvalue weighted by Gasteiger charge is -2.07. The van der Waals surface area contributed by atoms with Gasteiger partial charge in [-0.2, -0.15) is 5.10 Å². The number of nitrogens with zero attached hydrogens (tertiary/aromatic N) is 1. The highest BCUT2D eigenvalue weighted by atomic mass is 32.1. The van der Waals surface area contributed by atoms with Crippen LogP contribution in [0.2, 0.25) is 0 Å². The molecule has 0 aliphatic heterocycles. The van der Waals surface area contributed by atoms with Crippen LogP contribution in [0.15, 0.2) is 77.9 Å². The van der Waals surface area contributed by atoms with Crippen LogP contribution in [0.25, 0.3) is 20.2 Å². The number of hydrogen-bond donors (Lipinski definition) is 1. The van der Waals surface area contributed by atoms with Crippen molar-refractivity contribution in [2.75, 3.05) is 12.5 Å². The third-order valence-corrected chi connectivity index (χ3v) is 5.48. The number of anilines is 1. The van der Waals surface area contributed by atoms with Gasteiger partial charge in [0.2, 0.25) is 0 Å². The molecule has 5 heteroatoms. The van der Waals surface area contributed by atoms with Gasteiger partial charge in [0.05, 0.1) is 12.8 Å². The highest BCUT2D eigenvalue weighted by Crippen LogP contribution is 2.35. The number of esters is 1. The smallest absolute Gasteiger partial charge is 0.354 e. The Morgan fingerprint density at radius 3 is 2.52 bits per heavy atom. The van der Waals surface area contributed by atoms with Gasteiger partial charge in [-0.25, -0.2) is 4.79 Å². The second-order valence-electron chi connectivity index (χ2n) is 6.13. The van der Waals surface area contributed by atoms with Gasteiger partial charge in [0.25, 0.3) is 0 Å². The Bertz CT molecular complexity index is 1130. The average molecular weight is 374 g/mol. The van der Waals surface area contributed by atoms with Crippen molar-refractivity contribution >= 4 is 48.9 Å². The van der Waals surface area contributed by atoms with Gasteiger partial charge in [-0.15, -0.1) is 11.3 Å². The number of carbonyl (C=O) groups is 1. The van der Waals surface area contributed by atoms with E-state index in [0.29, 0.717) is 12.1 Å². The third kappa shape index (κ3) is 3.68. The van der Waals surface area contributed by atoms with Gasteiger partial charge in [-0.3, -0.25) is 5.43 Å². The molecule has 3 aromatic carbocycles. The topological polar surface area (TPSA) is 50.7 Å². The van der Waals surface area contributed by atoms with E-state index in [2.05, 4.69) is 34.8 Å². The molecule has 0 amide bonds. The van der Waals surface area contributed by atoms with E-state index in [0.717, 1.165) is 11.3 Å². The maximum atomic E-state index is 12.1. The first kappa shape index (κ1) is 17.2. The number of nitrogens with one attached hydrogen (secondary N) is 1. The molecule has 0 aliphatic carbocycles. The average Bonchev–Trinajstić information content (AvgIpc) is 3.09. The SMILES string of the molecule is COC(=O)/C(Cc1ccccc1)=N/Nc1ccc2sc3ccccc3c2c1. The number of carbonyl (C=O) groups excluding carboxylic acids is 1. The molecule has 0 saturated carbocycles. The van der Waals surface area contributed by atoms with Crippen molar-refractivity contribution in [3.05, 3.63) is 78.4 Å². The first-order valence-electron chi connectivity index (χ1n) is 8.61. The van der Waals surface area contributed by atoms with Crippen molar-refractivity contribution in [3.8, 4) is 0 Å². The summed E-state index contributed by atoms with van der Waals surface area (Å²) in [6.45, 7) is 0. The number of benzene rings is 3. The summed E-state index contributed by atoms with van der Waals surface area (Å²) in [4.78, 5) is 12.1. The van der Waals surface area contributed by atoms with Crippen LogP contribution in [-0.2, 0) is 16.0 Å². The number of methoxy groups -OCH3 is 1. The highest BCUT2D eigenvalue weighted by Gasteiger charge is 2.13. The van der Waals surface area contributed by atoms with Crippen LogP contribution < -0.4 is 5.43 Å². The molecular formula is C22H18N2O2S. The predicted octanol–water partition coefficient (Wildman–Crippen LogP) is 5.24. The molecule has 1 aromatic heterocycles. The molecule has 0 unspecified atom stereocenters. The molecule has 134 valence electrons. The zero-order valence-corrected chi connectivity index (χ0v) is 15.6. The van der Waals surface area contributed by atoms with E-state index in [1.54, 1.807) is 11.3 Å². The standard InChI is InChI=1S/C22H18N2O2S/c1-26-22(25)19(13-15-7-3-2-4-8-15)24-23-16-11-12-21-18(14-16)17-9-5-6-10-20(17)27-21/h2-12,14,23H,13H2,1H3/b24-19+. The summed E-state index contributed by atoms with van der Waals surface area (Å²) in [6, 6.07) is 24.2. The molecule has 4 nitrogen and oxygen atoms in total. The monoisotopic (exact) mass is 374 g/mol. The van der Waals surface area contributed by atoms with Gasteiger partial charge < -0.3 is 4.74 Å². The van der Waals surface area contributed by atoms with Crippen molar-refractivity contribution in [1.82, 2.24) is 0 Å². The van der Waals surface area contributed by atoms with Crippen LogP contribution in [0.5, 0.6) is 0 Å². The minimum Gasteiger partial charge on any atom is -0.464 e. The first-order valence-corrected chi connectivity index (χ1v) is 9.42. The molecule has 4 rings (SSSR count). The molecule has 0 atom stereocenters. The summed E-state index contributed by atoms with van der Waals surface area (Å²) < 4.78 is 7.36. The van der Waals surface area contributed by atoms with Crippen LogP contribution in [0.1, 0.15) is 5.56 Å². The number of rotatable bonds is 5. The van der Waals surface area contributed by atoms with Crippen molar-refractivity contribution in [3.63, 3.8) is 0 Å². The van der Waals surface area contributed by atoms with Gasteiger partial charge >= 0.3 is 5.97 Å². The Morgan fingerprint density at radius 2 is 1.70 bits per heavy atom. The van der Waals surface area contributed by atoms with Crippen molar-refractivity contribution in [2.45, 2.75) is 6.42 Å². The molecule has 0 aliphatic rings. The number of thiophene rings is 1. The fourth-order valence-electron chi connectivity index (χ4n) is 2.99. The van der Waals surface area contributed by atoms with Gasteiger partial charge in [0, 0.05) is 26.6 Å². The molecule has 0 bridgehead atoms. The second kappa shape index (κ2) is 7.60. The lowest BCUT2D eigenvalue weighted by Crippen LogP contribution is -2.20. The van der Waals surface area contributed by atoms with E-state index in [1.165, 1.54) is 27.3 Å². The number of hydrogen-bond acceptors (Lipinski definition) is 5. The summed E-state index contributed by atoms with van der Waals surface area (Å²) in [5.41, 5.74) is 5.19. The van der Waals surface area contributed by atoms with E-state index in [-0.39, 0.29) is 0 Å². The minimum absolute atomic E-state index is 0.332. The van der Waals surface area contributed by atoms with Gasteiger partial charge in [0.15, 0.2) is 0 Å². The normalized spacial score (nSPS) is 11.7. The van der Waals surface area contributed by atoms with E-state index >= 15 is 0 Å². The molecule has 0 saturated heterocycles. The van der Waals surface area contributed by atoms with Gasteiger partial charge in [0.1, 0.15) is 5.71 Å². The fourth-order valence-corrected chi connectivity index (χ4v) is 4.08. The third-order valence-electron chi connectivity index (χ3n) is 4.33. The van der Waals surface area contributed by atoms with Crippen LogP contribution in [0.4, 0.5) is 5.69 Å². The number of fused-ring (bicyclic) bond motifs is 3. The Morgan fingerprint density at radius 1 is 0.963 bits per heavy atom. The Hall–Kier alpha value is -3.18. The van der Waals surface area contributed by atoms with E-state index < -0.39 is 5.97 Å². The predicted molar refractivity (Wildman–Crippen MR) is 113 cm³/mol. The molecule has 1 heterocycles. The summed E-state index contributed by atoms with van der Waals surface area (Å²) in [5.74, 6) is -0.437. The van der Waals surface area contributed by atoms with Crippen LogP contribution in [0, 0.1) is 0 Å². The zero-order valence-electron chi connectivity index (χ0n) is 14.8. The van der Waals surface area contributed by atoms with Gasteiger partial charge in [-0.1, -0.05) is 48.5 Å². The Balaban J connectivity index is 1.64. The van der Waals surface area contributed by atoms with E-state index in [4.69, 9.17) is 4.74 Å². The Labute approximate surface area is 161 Å². The molecule has 0 fully saturated rings. The summed E-state index contributed by atoms with van der Waals surface area (Å²) in [5, 5.41) is 6.73. The van der Waals surface area contributed by atoms with Crippen LogP contribution in [0.3, 0.4) is 0 Å². The quantitative estimate of drug-likeness (QED) is 0.295. The second-order valence-corrected chi connectivity index (χ2v) is 7.22. The summed E-state index contributed by atoms with van der Waals surface area (Å²) in [7, 11) is 1.37. The van der Waals surface area contributed by atoms with Crippen molar-refractivity contribution in [2.24, 2.45) is 5.10 Å². The van der Waals surface area contributed by atoms with Crippen molar-refractivity contribution < 1.29 is 9.53 Å². The van der Waals surface area contributed by atoms with Crippen LogP contribution in [-0.4, -0.2) is 18.8 Å². The number of hydrazone groups is 1. The first-order chi connectivity index (χ1) is 13.2. The Kier molecular flexibility index (Phi) is 4.85. The maximum Gasteiger partial charge on any atom is 0.354 e. The molecule has 27 heavy (non-hydrogen) atoms. The summed E-state index contributed by atoms with van der Waals surface area (Å²) in [6.07, 6.45) is 0.407. The minimum atomic E-state index is -0.437. The molecule has 0 spiro atoms. The fraction of sp³-hybridized carbons (Fsp3) is 0.0909. The van der Waals surface area contributed by atoms with E-state index in [9.17, 15) is 4.79 Å². The molecule has 4 aromatic rings. The lowest BCUT2D eigenvalue weighted by atomic mass is 10.1. The number of ether oxygens (including phenoxy) is 1. The maximum absolute atomic E-state index is 12.1. The largest absolute Gasteiger partial charge is 0.464 e. The molecule has 1 N–H and O–H groups in total. The molecule has 0 radical (unpaired) electrons. The van der Waals surface area contributed by atoms with Gasteiger partial charge in [-0.05, 0) is 29.8 Å². The molecular weight excluding hydrogens is 356 g/mol. The van der Waals surface area contributed by atoms with Crippen LogP contribution >= 0.6 is 11.3 Å². The lowest BCUT2D eigenvalue weighted by molar-refractivity contribution is -0.132. The van der Waals surface area contributed by atoms with Crippen molar-refractivity contribution in [1.29, 1.82) is 0 Å². The van der Waals surface area contributed by atoms with E-state index in [1.807, 2.05) is 48.5 Å².